The lowest BCUT2D eigenvalue weighted by atomic mass is 9.82. The molecule has 160 valence electrons. The molecule has 6 nitrogen and oxygen atoms in total. The summed E-state index contributed by atoms with van der Waals surface area (Å²) in [5, 5.41) is 0. The summed E-state index contributed by atoms with van der Waals surface area (Å²) in [5.41, 5.74) is 1.86. The zero-order valence-corrected chi connectivity index (χ0v) is 18.1. The Morgan fingerprint density at radius 3 is 2.52 bits per heavy atom. The van der Waals surface area contributed by atoms with E-state index in [1.165, 1.54) is 25.5 Å². The number of furan rings is 1. The van der Waals surface area contributed by atoms with Crippen LogP contribution in [0.25, 0.3) is 0 Å². The third-order valence-corrected chi connectivity index (χ3v) is 7.34. The molecule has 0 unspecified atom stereocenters. The van der Waals surface area contributed by atoms with E-state index < -0.39 is 21.8 Å². The quantitative estimate of drug-likeness (QED) is 0.537. The largest absolute Gasteiger partial charge is 0.497 e. The summed E-state index contributed by atoms with van der Waals surface area (Å²) in [5.74, 6) is -0.118. The zero-order chi connectivity index (χ0) is 22.2. The lowest BCUT2D eigenvalue weighted by Gasteiger charge is -2.24. The molecule has 0 aliphatic carbocycles. The molecule has 0 radical (unpaired) electrons. The van der Waals surface area contributed by atoms with E-state index in [1.54, 1.807) is 48.5 Å². The van der Waals surface area contributed by atoms with Gasteiger partial charge in [0.25, 0.3) is 10.0 Å². The van der Waals surface area contributed by atoms with Crippen LogP contribution < -0.4 is 9.04 Å². The number of anilines is 1. The molecule has 3 aromatic rings. The number of allylic oxidation sites excluding steroid dienone is 1. The van der Waals surface area contributed by atoms with E-state index in [0.29, 0.717) is 22.8 Å². The Morgan fingerprint density at radius 1 is 1.16 bits per heavy atom. The molecule has 0 saturated heterocycles. The monoisotopic (exact) mass is 437 g/mol. The van der Waals surface area contributed by atoms with Gasteiger partial charge >= 0.3 is 0 Å². The van der Waals surface area contributed by atoms with Gasteiger partial charge in [-0.25, -0.2) is 12.7 Å². The number of hydrogen-bond donors (Lipinski definition) is 0. The fourth-order valence-electron chi connectivity index (χ4n) is 4.01. The molecule has 31 heavy (non-hydrogen) atoms. The number of sulfonamides is 1. The van der Waals surface area contributed by atoms with E-state index in [2.05, 4.69) is 6.58 Å². The second kappa shape index (κ2) is 8.07. The second-order valence-corrected chi connectivity index (χ2v) is 9.28. The Labute approximate surface area is 181 Å². The highest BCUT2D eigenvalue weighted by Gasteiger charge is 2.41. The third kappa shape index (κ3) is 3.65. The molecule has 1 aliphatic rings. The molecule has 2 heterocycles. The van der Waals surface area contributed by atoms with Gasteiger partial charge in [-0.3, -0.25) is 4.79 Å². The summed E-state index contributed by atoms with van der Waals surface area (Å²) in [6.45, 7) is 5.83. The Bertz CT molecular complexity index is 1210. The first-order chi connectivity index (χ1) is 14.9. The lowest BCUT2D eigenvalue weighted by Crippen LogP contribution is -2.37. The highest BCUT2D eigenvalue weighted by molar-refractivity contribution is 7.93. The minimum atomic E-state index is -4.13. The molecule has 7 heteroatoms. The van der Waals surface area contributed by atoms with Crippen molar-refractivity contribution in [3.63, 3.8) is 0 Å². The molecule has 0 spiro atoms. The Kier molecular flexibility index (Phi) is 5.45. The van der Waals surface area contributed by atoms with Gasteiger partial charge in [0.2, 0.25) is 5.91 Å². The van der Waals surface area contributed by atoms with Crippen LogP contribution in [0.2, 0.25) is 0 Å². The van der Waals surface area contributed by atoms with Gasteiger partial charge in [-0.1, -0.05) is 23.8 Å². The molecule has 0 fully saturated rings. The number of aryl methyl sites for hydroxylation is 1. The van der Waals surface area contributed by atoms with Crippen LogP contribution >= 0.6 is 0 Å². The van der Waals surface area contributed by atoms with Crippen LogP contribution in [0.3, 0.4) is 0 Å². The summed E-state index contributed by atoms with van der Waals surface area (Å²) < 4.78 is 39.1. The predicted octanol–water partition coefficient (Wildman–Crippen LogP) is 4.78. The van der Waals surface area contributed by atoms with Crippen LogP contribution in [0.5, 0.6) is 5.75 Å². The van der Waals surface area contributed by atoms with Crippen molar-refractivity contribution in [2.45, 2.75) is 30.1 Å². The van der Waals surface area contributed by atoms with Crippen LogP contribution in [0, 0.1) is 6.92 Å². The van der Waals surface area contributed by atoms with Crippen molar-refractivity contribution in [2.24, 2.45) is 0 Å². The van der Waals surface area contributed by atoms with Crippen molar-refractivity contribution >= 4 is 21.6 Å². The molecule has 2 aromatic carbocycles. The average Bonchev–Trinajstić information content (AvgIpc) is 3.25. The zero-order valence-electron chi connectivity index (χ0n) is 17.3. The summed E-state index contributed by atoms with van der Waals surface area (Å²) in [4.78, 5) is 13.5. The summed E-state index contributed by atoms with van der Waals surface area (Å²) in [6, 6.07) is 15.0. The molecule has 2 atom stereocenters. The van der Waals surface area contributed by atoms with Crippen molar-refractivity contribution in [1.29, 1.82) is 0 Å². The van der Waals surface area contributed by atoms with E-state index in [4.69, 9.17) is 9.15 Å². The van der Waals surface area contributed by atoms with Gasteiger partial charge in [0.1, 0.15) is 11.5 Å². The smallest absolute Gasteiger partial charge is 0.270 e. The van der Waals surface area contributed by atoms with Crippen molar-refractivity contribution in [3.8, 4) is 5.75 Å². The highest BCUT2D eigenvalue weighted by atomic mass is 32.2. The first-order valence-electron chi connectivity index (χ1n) is 9.85. The minimum Gasteiger partial charge on any atom is -0.497 e. The predicted molar refractivity (Wildman–Crippen MR) is 118 cm³/mol. The van der Waals surface area contributed by atoms with Gasteiger partial charge in [0.15, 0.2) is 0 Å². The van der Waals surface area contributed by atoms with Crippen molar-refractivity contribution in [2.75, 3.05) is 11.4 Å². The molecule has 4 rings (SSSR count). The van der Waals surface area contributed by atoms with Gasteiger partial charge < -0.3 is 9.15 Å². The van der Waals surface area contributed by atoms with Crippen molar-refractivity contribution in [1.82, 2.24) is 0 Å². The lowest BCUT2D eigenvalue weighted by molar-refractivity contribution is -0.117. The first-order valence-corrected chi connectivity index (χ1v) is 11.3. The number of carbonyl (C=O) groups excluding carboxylic acids is 1. The number of rotatable bonds is 5. The molecular formula is C24H23NO5S. The number of fused-ring (bicyclic) bond motifs is 1. The number of benzene rings is 2. The maximum atomic E-state index is 13.6. The van der Waals surface area contributed by atoms with E-state index in [0.717, 1.165) is 9.87 Å². The fourth-order valence-corrected chi connectivity index (χ4v) is 5.47. The number of carbonyl (C=O) groups is 1. The maximum absolute atomic E-state index is 13.6. The van der Waals surface area contributed by atoms with Gasteiger partial charge in [0.05, 0.1) is 24.0 Å². The van der Waals surface area contributed by atoms with Crippen molar-refractivity contribution < 1.29 is 22.4 Å². The Hall–Kier alpha value is -3.32. The SMILES string of the molecule is C=C[C@H]1c2cc(OC)ccc2N(S(=O)(=O)c2ccc(C)cc2)C(=O)C[C@@H]1c1ccco1. The highest BCUT2D eigenvalue weighted by Crippen LogP contribution is 2.46. The number of hydrogen-bond acceptors (Lipinski definition) is 5. The molecule has 0 N–H and O–H groups in total. The second-order valence-electron chi connectivity index (χ2n) is 7.49. The number of amides is 1. The summed E-state index contributed by atoms with van der Waals surface area (Å²) >= 11 is 0. The standard InChI is InChI=1S/C24H23NO5S/c1-4-19-20-14-17(29-3)9-12-22(20)25(24(26)15-21(19)23-6-5-13-30-23)31(27,28)18-10-7-16(2)8-11-18/h4-14,19,21H,1,15H2,2-3H3/t19-,21-/m0/s1. The summed E-state index contributed by atoms with van der Waals surface area (Å²) in [6.07, 6.45) is 3.21. The Balaban J connectivity index is 1.94. The molecular weight excluding hydrogens is 414 g/mol. The van der Waals surface area contributed by atoms with Crippen LogP contribution in [-0.4, -0.2) is 21.4 Å². The molecule has 1 aliphatic heterocycles. The molecule has 1 aromatic heterocycles. The van der Waals surface area contributed by atoms with E-state index in [-0.39, 0.29) is 17.2 Å². The molecule has 1 amide bonds. The van der Waals surface area contributed by atoms with Crippen molar-refractivity contribution in [3.05, 3.63) is 90.4 Å². The normalized spacial score (nSPS) is 18.9. The first kappa shape index (κ1) is 20.9. The number of nitrogens with zero attached hydrogens (tertiary/aromatic N) is 1. The van der Waals surface area contributed by atoms with Crippen LogP contribution in [-0.2, 0) is 14.8 Å². The fraction of sp³-hybridized carbons (Fsp3) is 0.208. The van der Waals surface area contributed by atoms with Crippen LogP contribution in [0.1, 0.15) is 35.1 Å². The number of methoxy groups -OCH3 is 1. The maximum Gasteiger partial charge on any atom is 0.270 e. The van der Waals surface area contributed by atoms with Crippen LogP contribution in [0.15, 0.2) is 82.8 Å². The Morgan fingerprint density at radius 2 is 1.90 bits per heavy atom. The minimum absolute atomic E-state index is 0.0493. The summed E-state index contributed by atoms with van der Waals surface area (Å²) in [7, 11) is -2.59. The molecule has 0 saturated carbocycles. The van der Waals surface area contributed by atoms with E-state index >= 15 is 0 Å². The van der Waals surface area contributed by atoms with Gasteiger partial charge in [0, 0.05) is 18.3 Å². The molecule has 0 bridgehead atoms. The van der Waals surface area contributed by atoms with E-state index in [1.807, 2.05) is 6.92 Å². The average molecular weight is 438 g/mol. The van der Waals surface area contributed by atoms with Gasteiger partial charge in [-0.05, 0) is 55.0 Å². The third-order valence-electron chi connectivity index (χ3n) is 5.59. The topological polar surface area (TPSA) is 76.8 Å². The van der Waals surface area contributed by atoms with E-state index in [9.17, 15) is 13.2 Å². The van der Waals surface area contributed by atoms with Gasteiger partial charge in [-0.2, -0.15) is 0 Å². The van der Waals surface area contributed by atoms with Gasteiger partial charge in [-0.15, -0.1) is 6.58 Å². The number of ether oxygens (including phenoxy) is 1. The van der Waals surface area contributed by atoms with Crippen LogP contribution in [0.4, 0.5) is 5.69 Å².